The molecule has 0 aromatic carbocycles. The van der Waals surface area contributed by atoms with Crippen LogP contribution in [0.25, 0.3) is 0 Å². The Morgan fingerprint density at radius 2 is 2.38 bits per heavy atom. The van der Waals surface area contributed by atoms with Gasteiger partial charge in [0.15, 0.2) is 12.2 Å². The molecular weight excluding hydrogens is 240 g/mol. The molecule has 2 rings (SSSR count). The van der Waals surface area contributed by atoms with Gasteiger partial charge in [0.1, 0.15) is 6.10 Å². The number of halogens is 1. The lowest BCUT2D eigenvalue weighted by molar-refractivity contribution is -0.145. The topological polar surface area (TPSA) is 55.9 Å². The van der Waals surface area contributed by atoms with Crippen LogP contribution in [0.15, 0.2) is 10.6 Å². The molecule has 1 fully saturated rings. The first-order chi connectivity index (χ1) is 6.09. The molecule has 1 saturated heterocycles. The van der Waals surface area contributed by atoms with Crippen molar-refractivity contribution in [1.82, 2.24) is 0 Å². The lowest BCUT2D eigenvalue weighted by atomic mass is 10.0. The first-order valence-electron chi connectivity index (χ1n) is 3.84. The van der Waals surface area contributed by atoms with Crippen molar-refractivity contribution in [3.8, 4) is 0 Å². The molecule has 0 spiro atoms. The van der Waals surface area contributed by atoms with Gasteiger partial charge in [0.25, 0.3) is 0 Å². The summed E-state index contributed by atoms with van der Waals surface area (Å²) < 4.78 is 10.4. The highest BCUT2D eigenvalue weighted by Gasteiger charge is 2.54. The van der Waals surface area contributed by atoms with E-state index in [2.05, 4.69) is 15.9 Å². The van der Waals surface area contributed by atoms with E-state index < -0.39 is 12.2 Å². The molecule has 5 heteroatoms. The van der Waals surface area contributed by atoms with E-state index >= 15 is 0 Å². The number of ketones is 1. The fourth-order valence-electron chi connectivity index (χ4n) is 1.33. The molecule has 0 bridgehead atoms. The summed E-state index contributed by atoms with van der Waals surface area (Å²) in [7, 11) is 0. The van der Waals surface area contributed by atoms with Gasteiger partial charge in [0.2, 0.25) is 5.78 Å². The number of carbonyl (C=O) groups excluding carboxylic acids is 2. The third-order valence-electron chi connectivity index (χ3n) is 1.96. The molecule has 0 aromatic heterocycles. The van der Waals surface area contributed by atoms with Gasteiger partial charge in [-0.2, -0.15) is 0 Å². The summed E-state index contributed by atoms with van der Waals surface area (Å²) >= 11 is 3.09. The number of fused-ring (bicyclic) bond motifs is 1. The van der Waals surface area contributed by atoms with Crippen LogP contribution >= 0.6 is 15.9 Å². The lowest BCUT2D eigenvalue weighted by Crippen LogP contribution is -2.29. The fourth-order valence-corrected chi connectivity index (χ4v) is 1.82. The van der Waals surface area contributed by atoms with Gasteiger partial charge in [-0.1, -0.05) is 0 Å². The SMILES string of the molecule is CC(=O)O[C@H]1C=C(Br)C(=O)[C@@H]2O[C@H]12. The Kier molecular flexibility index (Phi) is 2.00. The number of rotatable bonds is 1. The number of carbonyl (C=O) groups is 2. The molecule has 2 aliphatic rings. The van der Waals surface area contributed by atoms with Gasteiger partial charge < -0.3 is 9.47 Å². The Morgan fingerprint density at radius 1 is 1.69 bits per heavy atom. The smallest absolute Gasteiger partial charge is 0.303 e. The van der Waals surface area contributed by atoms with Crippen LogP contribution in [0.4, 0.5) is 0 Å². The Hall–Kier alpha value is -0.680. The van der Waals surface area contributed by atoms with Crippen LogP contribution in [0.1, 0.15) is 6.92 Å². The summed E-state index contributed by atoms with van der Waals surface area (Å²) in [6, 6.07) is 0. The van der Waals surface area contributed by atoms with Gasteiger partial charge in [0.05, 0.1) is 4.48 Å². The van der Waals surface area contributed by atoms with Crippen molar-refractivity contribution in [2.45, 2.75) is 25.2 Å². The summed E-state index contributed by atoms with van der Waals surface area (Å²) in [4.78, 5) is 21.9. The van der Waals surface area contributed by atoms with Crippen molar-refractivity contribution in [2.75, 3.05) is 0 Å². The molecule has 3 atom stereocenters. The van der Waals surface area contributed by atoms with Crippen LogP contribution in [0.3, 0.4) is 0 Å². The predicted molar refractivity (Wildman–Crippen MR) is 46.2 cm³/mol. The molecule has 0 N–H and O–H groups in total. The lowest BCUT2D eigenvalue weighted by Gasteiger charge is -2.13. The van der Waals surface area contributed by atoms with Crippen LogP contribution in [0.5, 0.6) is 0 Å². The molecule has 13 heavy (non-hydrogen) atoms. The van der Waals surface area contributed by atoms with Gasteiger partial charge in [-0.3, -0.25) is 9.59 Å². The van der Waals surface area contributed by atoms with E-state index in [1.807, 2.05) is 0 Å². The number of epoxide rings is 1. The third kappa shape index (κ3) is 1.53. The monoisotopic (exact) mass is 246 g/mol. The minimum absolute atomic E-state index is 0.0756. The Bertz CT molecular complexity index is 309. The number of ether oxygens (including phenoxy) is 2. The molecular formula is C8H7BrO4. The fraction of sp³-hybridized carbons (Fsp3) is 0.500. The summed E-state index contributed by atoms with van der Waals surface area (Å²) in [5, 5.41) is 0. The van der Waals surface area contributed by atoms with E-state index in [9.17, 15) is 9.59 Å². The van der Waals surface area contributed by atoms with E-state index in [0.29, 0.717) is 4.48 Å². The number of hydrogen-bond acceptors (Lipinski definition) is 4. The molecule has 0 amide bonds. The van der Waals surface area contributed by atoms with Crippen LogP contribution in [0, 0.1) is 0 Å². The van der Waals surface area contributed by atoms with Gasteiger partial charge in [-0.05, 0) is 22.0 Å². The second-order valence-corrected chi connectivity index (χ2v) is 3.83. The van der Waals surface area contributed by atoms with Crippen molar-refractivity contribution in [3.63, 3.8) is 0 Å². The zero-order valence-corrected chi connectivity index (χ0v) is 8.41. The van der Waals surface area contributed by atoms with Crippen molar-refractivity contribution < 1.29 is 19.1 Å². The average molecular weight is 247 g/mol. The molecule has 1 aliphatic carbocycles. The summed E-state index contributed by atoms with van der Waals surface area (Å²) in [5.41, 5.74) is 0. The zero-order chi connectivity index (χ0) is 9.59. The van der Waals surface area contributed by atoms with Gasteiger partial charge >= 0.3 is 5.97 Å². The van der Waals surface area contributed by atoms with Gasteiger partial charge in [0, 0.05) is 6.92 Å². The number of Topliss-reactive ketones (excluding diaryl/α,β-unsaturated/α-hetero) is 1. The molecule has 1 heterocycles. The summed E-state index contributed by atoms with van der Waals surface area (Å²) in [6.45, 7) is 1.33. The van der Waals surface area contributed by atoms with E-state index in [0.717, 1.165) is 0 Å². The Balaban J connectivity index is 2.14. The second-order valence-electron chi connectivity index (χ2n) is 2.97. The van der Waals surface area contributed by atoms with Crippen LogP contribution < -0.4 is 0 Å². The van der Waals surface area contributed by atoms with Crippen molar-refractivity contribution in [2.24, 2.45) is 0 Å². The molecule has 0 aromatic rings. The highest BCUT2D eigenvalue weighted by atomic mass is 79.9. The highest BCUT2D eigenvalue weighted by Crippen LogP contribution is 2.37. The van der Waals surface area contributed by atoms with E-state index in [-0.39, 0.29) is 17.9 Å². The van der Waals surface area contributed by atoms with Crippen molar-refractivity contribution in [3.05, 3.63) is 10.6 Å². The maximum Gasteiger partial charge on any atom is 0.303 e. The Labute approximate surface area is 83.0 Å². The van der Waals surface area contributed by atoms with Crippen LogP contribution in [-0.4, -0.2) is 30.1 Å². The van der Waals surface area contributed by atoms with Crippen LogP contribution in [0.2, 0.25) is 0 Å². The minimum atomic E-state index is -0.422. The minimum Gasteiger partial charge on any atom is -0.455 e. The standard InChI is InChI=1S/C8H7BrO4/c1-3(10)12-5-2-4(9)6(11)8-7(5)13-8/h2,5,7-8H,1H3/t5-,7+,8-/m0/s1. The largest absolute Gasteiger partial charge is 0.455 e. The average Bonchev–Trinajstić information content (AvgIpc) is 2.77. The third-order valence-corrected chi connectivity index (χ3v) is 2.61. The molecule has 0 unspecified atom stereocenters. The normalized spacial score (nSPS) is 36.3. The highest BCUT2D eigenvalue weighted by molar-refractivity contribution is 9.12. The molecule has 4 nitrogen and oxygen atoms in total. The summed E-state index contributed by atoms with van der Waals surface area (Å²) in [5.74, 6) is -0.446. The number of hydrogen-bond donors (Lipinski definition) is 0. The zero-order valence-electron chi connectivity index (χ0n) is 6.82. The molecule has 0 saturated carbocycles. The van der Waals surface area contributed by atoms with Crippen LogP contribution in [-0.2, 0) is 19.1 Å². The molecule has 70 valence electrons. The second kappa shape index (κ2) is 2.92. The number of esters is 1. The maximum atomic E-state index is 11.2. The first-order valence-corrected chi connectivity index (χ1v) is 4.63. The summed E-state index contributed by atoms with van der Waals surface area (Å²) in [6.07, 6.45) is 0.466. The van der Waals surface area contributed by atoms with Gasteiger partial charge in [-0.25, -0.2) is 0 Å². The molecule has 0 radical (unpaired) electrons. The van der Waals surface area contributed by atoms with E-state index in [1.54, 1.807) is 6.08 Å². The predicted octanol–water partition coefficient (Wildman–Crippen LogP) is 0.547. The molecule has 1 aliphatic heterocycles. The van der Waals surface area contributed by atoms with E-state index in [1.165, 1.54) is 6.92 Å². The van der Waals surface area contributed by atoms with Gasteiger partial charge in [-0.15, -0.1) is 0 Å². The quantitative estimate of drug-likeness (QED) is 0.501. The van der Waals surface area contributed by atoms with Crippen molar-refractivity contribution >= 4 is 27.7 Å². The van der Waals surface area contributed by atoms with E-state index in [4.69, 9.17) is 9.47 Å². The van der Waals surface area contributed by atoms with Crippen molar-refractivity contribution in [1.29, 1.82) is 0 Å². The first kappa shape index (κ1) is 8.90. The Morgan fingerprint density at radius 3 is 3.00 bits per heavy atom. The maximum absolute atomic E-state index is 11.2.